The smallest absolute Gasteiger partial charge is 0.239 e. The molecule has 100 valence electrons. The van der Waals surface area contributed by atoms with Crippen LogP contribution in [0.4, 0.5) is 0 Å². The minimum Gasteiger partial charge on any atom is -0.383 e. The molecule has 1 aliphatic rings. The van der Waals surface area contributed by atoms with E-state index in [0.29, 0.717) is 13.2 Å². The van der Waals surface area contributed by atoms with Gasteiger partial charge in [-0.15, -0.1) is 0 Å². The normalized spacial score (nSPS) is 19.0. The number of carbonyl (C=O) groups excluding carboxylic acids is 1. The number of nitrogens with zero attached hydrogens (tertiary/aromatic N) is 2. The molecule has 0 aromatic carbocycles. The highest BCUT2D eigenvalue weighted by molar-refractivity contribution is 5.81. The molecule has 1 saturated heterocycles. The van der Waals surface area contributed by atoms with E-state index in [2.05, 4.69) is 10.2 Å². The Hall–Kier alpha value is -0.650. The molecular weight excluding hydrogens is 218 g/mol. The monoisotopic (exact) mass is 243 g/mol. The van der Waals surface area contributed by atoms with Gasteiger partial charge in [-0.1, -0.05) is 0 Å². The molecule has 5 nitrogen and oxygen atoms in total. The first-order valence-corrected chi connectivity index (χ1v) is 6.43. The maximum Gasteiger partial charge on any atom is 0.239 e. The number of hydrogen-bond donors (Lipinski definition) is 1. The Morgan fingerprint density at radius 2 is 2.12 bits per heavy atom. The number of ether oxygens (including phenoxy) is 1. The molecule has 1 unspecified atom stereocenters. The third-order valence-electron chi connectivity index (χ3n) is 3.32. The van der Waals surface area contributed by atoms with E-state index in [1.54, 1.807) is 7.11 Å². The molecule has 0 spiro atoms. The van der Waals surface area contributed by atoms with Crippen LogP contribution >= 0.6 is 0 Å². The van der Waals surface area contributed by atoms with E-state index in [1.807, 2.05) is 18.7 Å². The summed E-state index contributed by atoms with van der Waals surface area (Å²) >= 11 is 0. The summed E-state index contributed by atoms with van der Waals surface area (Å²) in [6, 6.07) is -0.0195. The number of rotatable bonds is 6. The fourth-order valence-corrected chi connectivity index (χ4v) is 2.12. The Balaban J connectivity index is 2.47. The van der Waals surface area contributed by atoms with E-state index >= 15 is 0 Å². The number of hydrogen-bond acceptors (Lipinski definition) is 4. The van der Waals surface area contributed by atoms with Gasteiger partial charge in [0.2, 0.25) is 5.91 Å². The van der Waals surface area contributed by atoms with Gasteiger partial charge in [0.25, 0.3) is 0 Å². The van der Waals surface area contributed by atoms with Crippen LogP contribution in [0.2, 0.25) is 0 Å². The third kappa shape index (κ3) is 4.26. The Morgan fingerprint density at radius 3 is 2.65 bits per heavy atom. The first-order valence-electron chi connectivity index (χ1n) is 6.43. The van der Waals surface area contributed by atoms with Crippen LogP contribution in [0.5, 0.6) is 0 Å². The van der Waals surface area contributed by atoms with Crippen molar-refractivity contribution in [1.29, 1.82) is 0 Å². The minimum atomic E-state index is -0.0195. The Morgan fingerprint density at radius 1 is 1.47 bits per heavy atom. The summed E-state index contributed by atoms with van der Waals surface area (Å²) in [7, 11) is 1.66. The summed E-state index contributed by atoms with van der Waals surface area (Å²) in [6.07, 6.45) is 0. The number of amides is 1. The standard InChI is InChI=1S/C12H25N3O2/c1-4-14(9-10-17-3)12(16)11(2)15-7-5-13-6-8-15/h11,13H,4-10H2,1-3H3. The molecule has 1 amide bonds. The van der Waals surface area contributed by atoms with Crippen LogP contribution < -0.4 is 5.32 Å². The van der Waals surface area contributed by atoms with Crippen molar-refractivity contribution in [2.45, 2.75) is 19.9 Å². The van der Waals surface area contributed by atoms with Crippen LogP contribution in [0.25, 0.3) is 0 Å². The fraction of sp³-hybridized carbons (Fsp3) is 0.917. The Bertz CT molecular complexity index is 230. The van der Waals surface area contributed by atoms with Crippen LogP contribution in [-0.4, -0.2) is 74.7 Å². The van der Waals surface area contributed by atoms with Crippen molar-refractivity contribution in [3.05, 3.63) is 0 Å². The molecule has 0 aromatic heterocycles. The largest absolute Gasteiger partial charge is 0.383 e. The lowest BCUT2D eigenvalue weighted by Crippen LogP contribution is -2.53. The average Bonchev–Trinajstić information content (AvgIpc) is 2.39. The van der Waals surface area contributed by atoms with Gasteiger partial charge in [0.05, 0.1) is 12.6 Å². The van der Waals surface area contributed by atoms with Gasteiger partial charge >= 0.3 is 0 Å². The van der Waals surface area contributed by atoms with Gasteiger partial charge in [0.15, 0.2) is 0 Å². The second kappa shape index (κ2) is 7.63. The van der Waals surface area contributed by atoms with E-state index in [4.69, 9.17) is 4.74 Å². The molecule has 17 heavy (non-hydrogen) atoms. The first-order chi connectivity index (χ1) is 8.20. The Kier molecular flexibility index (Phi) is 6.47. The van der Waals surface area contributed by atoms with Crippen molar-refractivity contribution in [3.63, 3.8) is 0 Å². The summed E-state index contributed by atoms with van der Waals surface area (Å²) in [5.41, 5.74) is 0. The highest BCUT2D eigenvalue weighted by Crippen LogP contribution is 2.05. The summed E-state index contributed by atoms with van der Waals surface area (Å²) in [5, 5.41) is 3.30. The van der Waals surface area contributed by atoms with Gasteiger partial charge in [-0.2, -0.15) is 0 Å². The molecule has 1 N–H and O–H groups in total. The van der Waals surface area contributed by atoms with Crippen LogP contribution in [-0.2, 0) is 9.53 Å². The number of likely N-dealkylation sites (N-methyl/N-ethyl adjacent to an activating group) is 1. The van der Waals surface area contributed by atoms with Gasteiger partial charge in [0, 0.05) is 46.4 Å². The molecule has 1 rings (SSSR count). The minimum absolute atomic E-state index is 0.0195. The van der Waals surface area contributed by atoms with Crippen molar-refractivity contribution in [2.75, 3.05) is 53.0 Å². The van der Waals surface area contributed by atoms with Gasteiger partial charge in [-0.25, -0.2) is 0 Å². The lowest BCUT2D eigenvalue weighted by Gasteiger charge is -2.34. The first kappa shape index (κ1) is 14.4. The van der Waals surface area contributed by atoms with Gasteiger partial charge in [-0.05, 0) is 13.8 Å². The van der Waals surface area contributed by atoms with Crippen LogP contribution in [0, 0.1) is 0 Å². The molecule has 1 heterocycles. The van der Waals surface area contributed by atoms with Gasteiger partial charge in [-0.3, -0.25) is 9.69 Å². The van der Waals surface area contributed by atoms with Gasteiger partial charge in [0.1, 0.15) is 0 Å². The van der Waals surface area contributed by atoms with E-state index in [-0.39, 0.29) is 11.9 Å². The summed E-state index contributed by atoms with van der Waals surface area (Å²) in [6.45, 7) is 9.91. The van der Waals surface area contributed by atoms with E-state index in [1.165, 1.54) is 0 Å². The average molecular weight is 243 g/mol. The van der Waals surface area contributed by atoms with Crippen LogP contribution in [0.3, 0.4) is 0 Å². The highest BCUT2D eigenvalue weighted by Gasteiger charge is 2.25. The van der Waals surface area contributed by atoms with E-state index < -0.39 is 0 Å². The summed E-state index contributed by atoms with van der Waals surface area (Å²) in [4.78, 5) is 16.4. The zero-order chi connectivity index (χ0) is 12.7. The molecule has 0 aromatic rings. The molecule has 0 aliphatic carbocycles. The molecule has 0 bridgehead atoms. The summed E-state index contributed by atoms with van der Waals surface area (Å²) in [5.74, 6) is 0.214. The quantitative estimate of drug-likeness (QED) is 0.700. The second-order valence-corrected chi connectivity index (χ2v) is 4.37. The highest BCUT2D eigenvalue weighted by atomic mass is 16.5. The van der Waals surface area contributed by atoms with Gasteiger partial charge < -0.3 is 15.0 Å². The zero-order valence-electron chi connectivity index (χ0n) is 11.2. The molecule has 0 radical (unpaired) electrons. The van der Waals surface area contributed by atoms with Crippen LogP contribution in [0.15, 0.2) is 0 Å². The zero-order valence-corrected chi connectivity index (χ0v) is 11.2. The number of piperazine rings is 1. The molecule has 5 heteroatoms. The van der Waals surface area contributed by atoms with Crippen molar-refractivity contribution in [2.24, 2.45) is 0 Å². The lowest BCUT2D eigenvalue weighted by atomic mass is 10.2. The molecule has 1 fully saturated rings. The van der Waals surface area contributed by atoms with E-state index in [0.717, 1.165) is 32.7 Å². The number of methoxy groups -OCH3 is 1. The SMILES string of the molecule is CCN(CCOC)C(=O)C(C)N1CCNCC1. The predicted molar refractivity (Wildman–Crippen MR) is 68.0 cm³/mol. The molecule has 1 atom stereocenters. The maximum absolute atomic E-state index is 12.3. The van der Waals surface area contributed by atoms with Crippen molar-refractivity contribution >= 4 is 5.91 Å². The second-order valence-electron chi connectivity index (χ2n) is 4.37. The van der Waals surface area contributed by atoms with Crippen molar-refractivity contribution < 1.29 is 9.53 Å². The number of carbonyl (C=O) groups is 1. The molecule has 0 saturated carbocycles. The number of nitrogens with one attached hydrogen (secondary N) is 1. The summed E-state index contributed by atoms with van der Waals surface area (Å²) < 4.78 is 5.03. The van der Waals surface area contributed by atoms with Crippen LogP contribution in [0.1, 0.15) is 13.8 Å². The van der Waals surface area contributed by atoms with E-state index in [9.17, 15) is 4.79 Å². The lowest BCUT2D eigenvalue weighted by molar-refractivity contribution is -0.137. The topological polar surface area (TPSA) is 44.8 Å². The molecule has 1 aliphatic heterocycles. The predicted octanol–water partition coefficient (Wildman–Crippen LogP) is -0.225. The van der Waals surface area contributed by atoms with Crippen molar-refractivity contribution in [1.82, 2.24) is 15.1 Å². The Labute approximate surface area is 104 Å². The third-order valence-corrected chi connectivity index (χ3v) is 3.32. The van der Waals surface area contributed by atoms with Crippen molar-refractivity contribution in [3.8, 4) is 0 Å². The molecular formula is C12H25N3O2. The fourth-order valence-electron chi connectivity index (χ4n) is 2.12. The maximum atomic E-state index is 12.3.